The lowest BCUT2D eigenvalue weighted by atomic mass is 9.83. The summed E-state index contributed by atoms with van der Waals surface area (Å²) in [6.45, 7) is 6.06. The van der Waals surface area contributed by atoms with Crippen LogP contribution in [0.5, 0.6) is 0 Å². The van der Waals surface area contributed by atoms with Gasteiger partial charge in [0.2, 0.25) is 5.91 Å². The van der Waals surface area contributed by atoms with Crippen LogP contribution in [0.25, 0.3) is 0 Å². The first kappa shape index (κ1) is 16.2. The SMILES string of the molecule is CC1C2=C(Nc3ccccc3N1C(=O)C1CCC1)C(C)(C)N(C)C2=O. The molecule has 1 saturated carbocycles. The average molecular weight is 339 g/mol. The molecule has 0 saturated heterocycles. The van der Waals surface area contributed by atoms with Crippen LogP contribution in [0.4, 0.5) is 11.4 Å². The molecule has 5 heteroatoms. The highest BCUT2D eigenvalue weighted by Crippen LogP contribution is 2.44. The van der Waals surface area contributed by atoms with E-state index in [0.717, 1.165) is 36.3 Å². The number of likely N-dealkylation sites (N-methyl/N-ethyl adjacent to an activating group) is 1. The predicted octanol–water partition coefficient (Wildman–Crippen LogP) is 3.14. The first-order valence-electron chi connectivity index (χ1n) is 9.06. The minimum Gasteiger partial charge on any atom is -0.355 e. The number of para-hydroxylation sites is 2. The number of rotatable bonds is 1. The molecule has 4 rings (SSSR count). The molecular weight excluding hydrogens is 314 g/mol. The van der Waals surface area contributed by atoms with E-state index >= 15 is 0 Å². The Balaban J connectivity index is 1.88. The highest BCUT2D eigenvalue weighted by molar-refractivity contribution is 6.07. The molecule has 2 heterocycles. The highest BCUT2D eigenvalue weighted by atomic mass is 16.2. The van der Waals surface area contributed by atoms with Crippen molar-refractivity contribution in [2.75, 3.05) is 17.3 Å². The third-order valence-electron chi connectivity index (χ3n) is 6.17. The summed E-state index contributed by atoms with van der Waals surface area (Å²) in [5, 5.41) is 3.49. The Hall–Kier alpha value is -2.30. The number of carbonyl (C=O) groups is 2. The van der Waals surface area contributed by atoms with E-state index in [9.17, 15) is 9.59 Å². The Morgan fingerprint density at radius 3 is 2.56 bits per heavy atom. The Morgan fingerprint density at radius 2 is 1.92 bits per heavy atom. The van der Waals surface area contributed by atoms with E-state index in [1.54, 1.807) is 4.90 Å². The van der Waals surface area contributed by atoms with Crippen molar-refractivity contribution in [1.29, 1.82) is 0 Å². The van der Waals surface area contributed by atoms with Crippen LogP contribution in [0.15, 0.2) is 35.5 Å². The maximum absolute atomic E-state index is 13.2. The lowest BCUT2D eigenvalue weighted by molar-refractivity contribution is -0.127. The van der Waals surface area contributed by atoms with Crippen molar-refractivity contribution in [3.8, 4) is 0 Å². The zero-order valence-corrected chi connectivity index (χ0v) is 15.3. The smallest absolute Gasteiger partial charge is 0.254 e. The van der Waals surface area contributed by atoms with Gasteiger partial charge in [0.25, 0.3) is 5.91 Å². The molecule has 1 fully saturated rings. The van der Waals surface area contributed by atoms with Crippen molar-refractivity contribution < 1.29 is 9.59 Å². The Labute approximate surface area is 148 Å². The van der Waals surface area contributed by atoms with Gasteiger partial charge in [0.15, 0.2) is 0 Å². The average Bonchev–Trinajstić information content (AvgIpc) is 2.64. The molecule has 0 aromatic heterocycles. The lowest BCUT2D eigenvalue weighted by Crippen LogP contribution is -2.47. The Kier molecular flexibility index (Phi) is 3.46. The summed E-state index contributed by atoms with van der Waals surface area (Å²) < 4.78 is 0. The second-order valence-corrected chi connectivity index (χ2v) is 7.87. The Bertz CT molecular complexity index is 792. The van der Waals surface area contributed by atoms with Crippen LogP contribution in [0.2, 0.25) is 0 Å². The number of benzene rings is 1. The van der Waals surface area contributed by atoms with Gasteiger partial charge in [-0.3, -0.25) is 9.59 Å². The summed E-state index contributed by atoms with van der Waals surface area (Å²) >= 11 is 0. The van der Waals surface area contributed by atoms with Crippen LogP contribution in [-0.4, -0.2) is 35.3 Å². The number of carbonyl (C=O) groups excluding carboxylic acids is 2. The summed E-state index contributed by atoms with van der Waals surface area (Å²) in [5.41, 5.74) is 2.94. The number of fused-ring (bicyclic) bond motifs is 1. The molecule has 25 heavy (non-hydrogen) atoms. The fourth-order valence-electron chi connectivity index (χ4n) is 4.07. The summed E-state index contributed by atoms with van der Waals surface area (Å²) in [6.07, 6.45) is 3.01. The van der Waals surface area contributed by atoms with E-state index in [2.05, 4.69) is 5.32 Å². The topological polar surface area (TPSA) is 52.7 Å². The van der Waals surface area contributed by atoms with E-state index in [1.165, 1.54) is 0 Å². The van der Waals surface area contributed by atoms with Gasteiger partial charge in [-0.05, 0) is 45.7 Å². The molecule has 2 aliphatic heterocycles. The standard InChI is InChI=1S/C20H25N3O2/c1-12-16-17(20(2,3)22(4)19(16)25)21-14-10-5-6-11-15(14)23(12)18(24)13-8-7-9-13/h5-6,10-13,21H,7-9H2,1-4H3. The van der Waals surface area contributed by atoms with Gasteiger partial charge < -0.3 is 15.1 Å². The molecule has 1 aromatic carbocycles. The van der Waals surface area contributed by atoms with Crippen molar-refractivity contribution >= 4 is 23.2 Å². The number of hydrogen-bond acceptors (Lipinski definition) is 3. The number of nitrogens with one attached hydrogen (secondary N) is 1. The van der Waals surface area contributed by atoms with Gasteiger partial charge in [-0.1, -0.05) is 18.6 Å². The number of amides is 2. The quantitative estimate of drug-likeness (QED) is 0.855. The van der Waals surface area contributed by atoms with Crippen molar-refractivity contribution in [2.24, 2.45) is 5.92 Å². The maximum Gasteiger partial charge on any atom is 0.254 e. The highest BCUT2D eigenvalue weighted by Gasteiger charge is 2.49. The molecule has 132 valence electrons. The van der Waals surface area contributed by atoms with Gasteiger partial charge in [-0.15, -0.1) is 0 Å². The molecule has 3 aliphatic rings. The fourth-order valence-corrected chi connectivity index (χ4v) is 4.07. The molecule has 0 spiro atoms. The zero-order valence-electron chi connectivity index (χ0n) is 15.3. The third-order valence-corrected chi connectivity index (χ3v) is 6.17. The van der Waals surface area contributed by atoms with Gasteiger partial charge in [-0.2, -0.15) is 0 Å². The van der Waals surface area contributed by atoms with Crippen LogP contribution >= 0.6 is 0 Å². The first-order valence-corrected chi connectivity index (χ1v) is 9.06. The van der Waals surface area contributed by atoms with Crippen molar-refractivity contribution in [3.05, 3.63) is 35.5 Å². The molecule has 2 amide bonds. The molecule has 0 bridgehead atoms. The molecular formula is C20H25N3O2. The molecule has 1 N–H and O–H groups in total. The monoisotopic (exact) mass is 339 g/mol. The largest absolute Gasteiger partial charge is 0.355 e. The fraction of sp³-hybridized carbons (Fsp3) is 0.500. The summed E-state index contributed by atoms with van der Waals surface area (Å²) in [6, 6.07) is 7.58. The van der Waals surface area contributed by atoms with E-state index in [4.69, 9.17) is 0 Å². The van der Waals surface area contributed by atoms with Crippen LogP contribution < -0.4 is 10.2 Å². The molecule has 1 atom stereocenters. The van der Waals surface area contributed by atoms with Gasteiger partial charge in [-0.25, -0.2) is 0 Å². The second-order valence-electron chi connectivity index (χ2n) is 7.87. The van der Waals surface area contributed by atoms with Crippen LogP contribution in [0.1, 0.15) is 40.0 Å². The first-order chi connectivity index (χ1) is 11.8. The maximum atomic E-state index is 13.2. The lowest BCUT2D eigenvalue weighted by Gasteiger charge is -2.36. The van der Waals surface area contributed by atoms with Crippen molar-refractivity contribution in [1.82, 2.24) is 4.90 Å². The molecule has 1 aromatic rings. The van der Waals surface area contributed by atoms with E-state index in [1.807, 2.05) is 57.0 Å². The zero-order chi connectivity index (χ0) is 17.9. The van der Waals surface area contributed by atoms with E-state index in [-0.39, 0.29) is 23.8 Å². The summed E-state index contributed by atoms with van der Waals surface area (Å²) in [4.78, 5) is 29.8. The molecule has 0 radical (unpaired) electrons. The summed E-state index contributed by atoms with van der Waals surface area (Å²) in [5.74, 6) is 0.223. The van der Waals surface area contributed by atoms with E-state index in [0.29, 0.717) is 5.57 Å². The van der Waals surface area contributed by atoms with Crippen molar-refractivity contribution in [2.45, 2.75) is 51.6 Å². The van der Waals surface area contributed by atoms with Crippen molar-refractivity contribution in [3.63, 3.8) is 0 Å². The number of anilines is 2. The minimum absolute atomic E-state index is 0.000726. The number of nitrogens with zero attached hydrogens (tertiary/aromatic N) is 2. The van der Waals surface area contributed by atoms with Crippen LogP contribution in [-0.2, 0) is 9.59 Å². The summed E-state index contributed by atoms with van der Waals surface area (Å²) in [7, 11) is 1.83. The predicted molar refractivity (Wildman–Crippen MR) is 98.2 cm³/mol. The van der Waals surface area contributed by atoms with Gasteiger partial charge in [0, 0.05) is 13.0 Å². The normalized spacial score (nSPS) is 25.1. The minimum atomic E-state index is -0.427. The van der Waals surface area contributed by atoms with Gasteiger partial charge in [0.05, 0.1) is 34.2 Å². The third kappa shape index (κ3) is 2.14. The van der Waals surface area contributed by atoms with Gasteiger partial charge >= 0.3 is 0 Å². The number of hydrogen-bond donors (Lipinski definition) is 1. The van der Waals surface area contributed by atoms with E-state index < -0.39 is 5.54 Å². The molecule has 1 aliphatic carbocycles. The van der Waals surface area contributed by atoms with Crippen LogP contribution in [0, 0.1) is 5.92 Å². The van der Waals surface area contributed by atoms with Crippen LogP contribution in [0.3, 0.4) is 0 Å². The molecule has 1 unspecified atom stereocenters. The van der Waals surface area contributed by atoms with Gasteiger partial charge in [0.1, 0.15) is 0 Å². The Morgan fingerprint density at radius 1 is 1.24 bits per heavy atom. The molecule has 5 nitrogen and oxygen atoms in total. The second kappa shape index (κ2) is 5.35.